The average molecular weight is 411 g/mol. The van der Waals surface area contributed by atoms with Crippen LogP contribution < -0.4 is 11.3 Å². The summed E-state index contributed by atoms with van der Waals surface area (Å²) in [7, 11) is 0. The number of benzene rings is 1. The highest BCUT2D eigenvalue weighted by molar-refractivity contribution is 7.18. The Hall–Kier alpha value is -2.88. The normalized spacial score (nSPS) is 12.9. The first-order valence-electron chi connectivity index (χ1n) is 8.16. The van der Waals surface area contributed by atoms with E-state index >= 15 is 0 Å². The molecular formula is C18H16F3N3O3S. The van der Waals surface area contributed by atoms with Gasteiger partial charge in [-0.25, -0.2) is 9.78 Å². The number of nitrogens with one attached hydrogen (secondary N) is 1. The zero-order chi connectivity index (χ0) is 20.8. The molecule has 0 aliphatic heterocycles. The van der Waals surface area contributed by atoms with E-state index in [0.29, 0.717) is 16.3 Å². The molecule has 3 rings (SSSR count). The molecule has 0 aliphatic carbocycles. The van der Waals surface area contributed by atoms with Crippen LogP contribution in [0.5, 0.6) is 0 Å². The number of thiophene rings is 1. The molecule has 1 aromatic carbocycles. The van der Waals surface area contributed by atoms with Crippen LogP contribution in [-0.2, 0) is 10.9 Å². The molecule has 148 valence electrons. The molecule has 2 aromatic heterocycles. The van der Waals surface area contributed by atoms with Crippen molar-refractivity contribution in [3.8, 4) is 0 Å². The van der Waals surface area contributed by atoms with Gasteiger partial charge >= 0.3 is 12.1 Å². The number of alkyl halides is 3. The molecule has 0 aliphatic rings. The lowest BCUT2D eigenvalue weighted by molar-refractivity contribution is -0.137. The van der Waals surface area contributed by atoms with Crippen LogP contribution in [0, 0.1) is 13.8 Å². The van der Waals surface area contributed by atoms with Gasteiger partial charge in [-0.15, -0.1) is 11.3 Å². The number of halogens is 3. The molecule has 3 aromatic rings. The molecule has 0 spiro atoms. The number of fused-ring (bicyclic) bond motifs is 1. The number of aryl methyl sites for hydroxylation is 2. The molecule has 28 heavy (non-hydrogen) atoms. The van der Waals surface area contributed by atoms with E-state index < -0.39 is 23.8 Å². The fourth-order valence-corrected chi connectivity index (χ4v) is 3.71. The predicted octanol–water partition coefficient (Wildman–Crippen LogP) is 4.12. The van der Waals surface area contributed by atoms with Gasteiger partial charge in [0.15, 0.2) is 11.9 Å². The van der Waals surface area contributed by atoms with Gasteiger partial charge in [-0.2, -0.15) is 13.2 Å². The van der Waals surface area contributed by atoms with Crippen molar-refractivity contribution in [1.82, 2.24) is 9.97 Å². The van der Waals surface area contributed by atoms with E-state index in [-0.39, 0.29) is 22.6 Å². The van der Waals surface area contributed by atoms with Crippen LogP contribution in [0.2, 0.25) is 0 Å². The summed E-state index contributed by atoms with van der Waals surface area (Å²) in [6.45, 7) is 5.19. The minimum Gasteiger partial charge on any atom is -0.451 e. The lowest BCUT2D eigenvalue weighted by atomic mass is 10.1. The number of anilines is 1. The molecule has 1 atom stereocenters. The van der Waals surface area contributed by atoms with Crippen LogP contribution in [-0.4, -0.2) is 15.9 Å². The molecular weight excluding hydrogens is 395 g/mol. The minimum absolute atomic E-state index is 0.137. The number of ether oxygens (including phenoxy) is 1. The summed E-state index contributed by atoms with van der Waals surface area (Å²) < 4.78 is 43.4. The third-order valence-electron chi connectivity index (χ3n) is 4.33. The maximum atomic E-state index is 12.7. The zero-order valence-electron chi connectivity index (χ0n) is 15.1. The summed E-state index contributed by atoms with van der Waals surface area (Å²) >= 11 is 1.35. The number of nitrogens with zero attached hydrogens (tertiary/aromatic N) is 1. The van der Waals surface area contributed by atoms with Crippen molar-refractivity contribution >= 4 is 33.2 Å². The van der Waals surface area contributed by atoms with Crippen molar-refractivity contribution in [3.05, 3.63) is 55.9 Å². The second kappa shape index (κ2) is 6.93. The number of nitrogens with two attached hydrogens (primary N) is 1. The lowest BCUT2D eigenvalue weighted by Crippen LogP contribution is -2.18. The summed E-state index contributed by atoms with van der Waals surface area (Å²) in [5.74, 6) is -0.780. The van der Waals surface area contributed by atoms with Gasteiger partial charge in [0.1, 0.15) is 4.83 Å². The number of H-pyrrole nitrogens is 1. The number of rotatable bonds is 3. The first kappa shape index (κ1) is 19.9. The van der Waals surface area contributed by atoms with Gasteiger partial charge in [0.2, 0.25) is 0 Å². The largest absolute Gasteiger partial charge is 0.451 e. The quantitative estimate of drug-likeness (QED) is 0.499. The van der Waals surface area contributed by atoms with E-state index in [1.54, 1.807) is 0 Å². The van der Waals surface area contributed by atoms with Crippen LogP contribution in [0.25, 0.3) is 10.2 Å². The van der Waals surface area contributed by atoms with Gasteiger partial charge in [-0.05, 0) is 44.5 Å². The molecule has 0 fully saturated rings. The Labute approximate surface area is 161 Å². The Kier molecular flexibility index (Phi) is 4.92. The molecule has 2 heterocycles. The van der Waals surface area contributed by atoms with Crippen molar-refractivity contribution in [1.29, 1.82) is 0 Å². The third kappa shape index (κ3) is 3.59. The molecule has 0 radical (unpaired) electrons. The predicted molar refractivity (Wildman–Crippen MR) is 99.4 cm³/mol. The fourth-order valence-electron chi connectivity index (χ4n) is 2.67. The van der Waals surface area contributed by atoms with Crippen LogP contribution >= 0.6 is 11.3 Å². The number of nitrogen functional groups attached to an aromatic ring is 1. The maximum Gasteiger partial charge on any atom is 0.416 e. The number of aromatic amines is 1. The van der Waals surface area contributed by atoms with Crippen molar-refractivity contribution < 1.29 is 22.7 Å². The molecule has 0 saturated heterocycles. The third-order valence-corrected chi connectivity index (χ3v) is 5.43. The van der Waals surface area contributed by atoms with E-state index in [0.717, 1.165) is 22.6 Å². The van der Waals surface area contributed by atoms with Crippen molar-refractivity contribution in [2.24, 2.45) is 0 Å². The van der Waals surface area contributed by atoms with Crippen molar-refractivity contribution in [2.75, 3.05) is 5.73 Å². The highest BCUT2D eigenvalue weighted by atomic mass is 32.1. The Bertz CT molecular complexity index is 1130. The standard InChI is InChI=1S/C18H16F3N3O3S/c1-7-9(3)28-16-13(7)15(25)23-14(24-16)8(2)27-17(26)11-5-4-10(6-12(11)22)18(19,20)21/h4-6,8H,22H2,1-3H3,(H,23,24,25)/t8-/m1/s1. The summed E-state index contributed by atoms with van der Waals surface area (Å²) in [6.07, 6.45) is -5.51. The van der Waals surface area contributed by atoms with Gasteiger partial charge < -0.3 is 15.5 Å². The number of carbonyl (C=O) groups excluding carboxylic acids is 1. The van der Waals surface area contributed by atoms with Crippen LogP contribution in [0.3, 0.4) is 0 Å². The summed E-state index contributed by atoms with van der Waals surface area (Å²) in [5.41, 5.74) is 4.55. The van der Waals surface area contributed by atoms with Gasteiger partial charge in [0.25, 0.3) is 5.56 Å². The van der Waals surface area contributed by atoms with Gasteiger partial charge in [-0.3, -0.25) is 4.79 Å². The fraction of sp³-hybridized carbons (Fsp3) is 0.278. The first-order chi connectivity index (χ1) is 13.0. The maximum absolute atomic E-state index is 12.7. The van der Waals surface area contributed by atoms with Crippen LogP contribution in [0.1, 0.15) is 45.2 Å². The SMILES string of the molecule is Cc1sc2nc([C@@H](C)OC(=O)c3ccc(C(F)(F)F)cc3N)[nH]c(=O)c2c1C. The number of esters is 1. The number of hydrogen-bond donors (Lipinski definition) is 2. The summed E-state index contributed by atoms with van der Waals surface area (Å²) in [6, 6.07) is 2.38. The van der Waals surface area contributed by atoms with Gasteiger partial charge in [0.05, 0.1) is 16.5 Å². The van der Waals surface area contributed by atoms with Gasteiger partial charge in [-0.1, -0.05) is 0 Å². The average Bonchev–Trinajstić information content (AvgIpc) is 2.88. The van der Waals surface area contributed by atoms with E-state index in [1.165, 1.54) is 18.3 Å². The molecule has 6 nitrogen and oxygen atoms in total. The Morgan fingerprint density at radius 3 is 2.61 bits per heavy atom. The van der Waals surface area contributed by atoms with Crippen molar-refractivity contribution in [2.45, 2.75) is 33.1 Å². The molecule has 0 amide bonds. The second-order valence-electron chi connectivity index (χ2n) is 6.26. The number of hydrogen-bond acceptors (Lipinski definition) is 6. The van der Waals surface area contributed by atoms with E-state index in [4.69, 9.17) is 10.5 Å². The Morgan fingerprint density at radius 1 is 1.32 bits per heavy atom. The summed E-state index contributed by atoms with van der Waals surface area (Å²) in [5, 5.41) is 0.483. The highest BCUT2D eigenvalue weighted by Crippen LogP contribution is 2.32. The topological polar surface area (TPSA) is 98.1 Å². The Balaban J connectivity index is 1.87. The van der Waals surface area contributed by atoms with E-state index in [2.05, 4.69) is 9.97 Å². The number of carbonyl (C=O) groups is 1. The molecule has 0 unspecified atom stereocenters. The van der Waals surface area contributed by atoms with Gasteiger partial charge in [0, 0.05) is 10.6 Å². The summed E-state index contributed by atoms with van der Waals surface area (Å²) in [4.78, 5) is 33.0. The second-order valence-corrected chi connectivity index (χ2v) is 7.47. The lowest BCUT2D eigenvalue weighted by Gasteiger charge is -2.14. The minimum atomic E-state index is -4.57. The zero-order valence-corrected chi connectivity index (χ0v) is 15.9. The number of aromatic nitrogens is 2. The smallest absolute Gasteiger partial charge is 0.416 e. The molecule has 0 saturated carbocycles. The van der Waals surface area contributed by atoms with Crippen LogP contribution in [0.4, 0.5) is 18.9 Å². The molecule has 3 N–H and O–H groups in total. The highest BCUT2D eigenvalue weighted by Gasteiger charge is 2.31. The van der Waals surface area contributed by atoms with E-state index in [9.17, 15) is 22.8 Å². The van der Waals surface area contributed by atoms with Crippen LogP contribution in [0.15, 0.2) is 23.0 Å². The molecule has 0 bridgehead atoms. The van der Waals surface area contributed by atoms with Crippen molar-refractivity contribution in [3.63, 3.8) is 0 Å². The first-order valence-corrected chi connectivity index (χ1v) is 8.98. The van der Waals surface area contributed by atoms with E-state index in [1.807, 2.05) is 13.8 Å². The molecule has 10 heteroatoms. The Morgan fingerprint density at radius 2 is 2.00 bits per heavy atom. The monoisotopic (exact) mass is 411 g/mol.